The van der Waals surface area contributed by atoms with Crippen molar-refractivity contribution in [3.8, 4) is 0 Å². The first-order valence-electron chi connectivity index (χ1n) is 10.8. The number of nitrogens with zero attached hydrogens (tertiary/aromatic N) is 1. The van der Waals surface area contributed by atoms with Crippen molar-refractivity contribution in [1.29, 1.82) is 0 Å². The molecule has 3 rings (SSSR count). The molecule has 0 spiro atoms. The van der Waals surface area contributed by atoms with Crippen molar-refractivity contribution in [3.63, 3.8) is 0 Å². The summed E-state index contributed by atoms with van der Waals surface area (Å²) in [5.41, 5.74) is 4.08. The molecule has 0 saturated heterocycles. The van der Waals surface area contributed by atoms with E-state index in [0.29, 0.717) is 23.9 Å². The minimum Gasteiger partial charge on any atom is -0.356 e. The number of nitrogens with one attached hydrogen (secondary N) is 4. The van der Waals surface area contributed by atoms with Gasteiger partial charge in [0.15, 0.2) is 5.96 Å². The largest absolute Gasteiger partial charge is 0.356 e. The van der Waals surface area contributed by atoms with Crippen molar-refractivity contribution in [2.75, 3.05) is 23.7 Å². The van der Waals surface area contributed by atoms with Crippen LogP contribution >= 0.6 is 0 Å². The summed E-state index contributed by atoms with van der Waals surface area (Å²) >= 11 is 0. The number of rotatable bonds is 7. The molecular weight excluding hydrogens is 390 g/mol. The number of benzene rings is 2. The fourth-order valence-corrected chi connectivity index (χ4v) is 3.13. The highest BCUT2D eigenvalue weighted by Gasteiger charge is 2.11. The van der Waals surface area contributed by atoms with Crippen LogP contribution < -0.4 is 21.3 Å². The third-order valence-corrected chi connectivity index (χ3v) is 5.03. The van der Waals surface area contributed by atoms with Gasteiger partial charge in [0.1, 0.15) is 0 Å². The zero-order valence-electron chi connectivity index (χ0n) is 18.4. The molecule has 0 unspecified atom stereocenters. The molecule has 1 aliphatic heterocycles. The Labute approximate surface area is 183 Å². The van der Waals surface area contributed by atoms with Gasteiger partial charge in [-0.25, -0.2) is 0 Å². The Morgan fingerprint density at radius 3 is 2.48 bits per heavy atom. The minimum atomic E-state index is -0.193. The second-order valence-electron chi connectivity index (χ2n) is 8.18. The first-order chi connectivity index (χ1) is 14.9. The molecular formula is C24H31N5O2. The van der Waals surface area contributed by atoms with E-state index < -0.39 is 0 Å². The van der Waals surface area contributed by atoms with E-state index in [1.54, 1.807) is 12.1 Å². The number of anilines is 3. The highest BCUT2D eigenvalue weighted by Crippen LogP contribution is 2.24. The lowest BCUT2D eigenvalue weighted by atomic mass is 10.1. The molecule has 0 radical (unpaired) electrons. The highest BCUT2D eigenvalue weighted by atomic mass is 16.2. The maximum absolute atomic E-state index is 12.4. The molecule has 31 heavy (non-hydrogen) atoms. The fourth-order valence-electron chi connectivity index (χ4n) is 3.13. The van der Waals surface area contributed by atoms with Gasteiger partial charge in [0, 0.05) is 42.1 Å². The maximum Gasteiger partial charge on any atom is 0.257 e. The molecule has 0 atom stereocenters. The van der Waals surface area contributed by atoms with Crippen LogP contribution in [0.5, 0.6) is 0 Å². The van der Waals surface area contributed by atoms with E-state index in [-0.39, 0.29) is 11.8 Å². The lowest BCUT2D eigenvalue weighted by Crippen LogP contribution is -2.43. The zero-order chi connectivity index (χ0) is 22.2. The number of amides is 2. The Morgan fingerprint density at radius 2 is 1.81 bits per heavy atom. The average molecular weight is 422 g/mol. The van der Waals surface area contributed by atoms with Gasteiger partial charge in [0.25, 0.3) is 5.91 Å². The summed E-state index contributed by atoms with van der Waals surface area (Å²) < 4.78 is 0. The number of hydrogen-bond donors (Lipinski definition) is 4. The minimum absolute atomic E-state index is 0.0291. The lowest BCUT2D eigenvalue weighted by molar-refractivity contribution is -0.116. The first-order valence-corrected chi connectivity index (χ1v) is 10.8. The second kappa shape index (κ2) is 10.6. The zero-order valence-corrected chi connectivity index (χ0v) is 18.4. The molecule has 0 aromatic heterocycles. The molecule has 2 amide bonds. The fraction of sp³-hybridized carbons (Fsp3) is 0.375. The van der Waals surface area contributed by atoms with Gasteiger partial charge in [-0.1, -0.05) is 19.9 Å². The van der Waals surface area contributed by atoms with Crippen LogP contribution in [0, 0.1) is 12.8 Å². The Morgan fingerprint density at radius 1 is 1.06 bits per heavy atom. The summed E-state index contributed by atoms with van der Waals surface area (Å²) in [6, 6.07) is 13.1. The topological polar surface area (TPSA) is 94.6 Å². The van der Waals surface area contributed by atoms with Crippen molar-refractivity contribution < 1.29 is 9.59 Å². The van der Waals surface area contributed by atoms with Crippen LogP contribution in [0.2, 0.25) is 0 Å². The number of aryl methyl sites for hydroxylation is 1. The summed E-state index contributed by atoms with van der Waals surface area (Å²) in [7, 11) is 0. The van der Waals surface area contributed by atoms with Crippen LogP contribution in [0.25, 0.3) is 0 Å². The second-order valence-corrected chi connectivity index (χ2v) is 8.18. The molecule has 0 aliphatic carbocycles. The number of carbonyl (C=O) groups excluding carboxylic acids is 2. The quantitative estimate of drug-likeness (QED) is 0.539. The van der Waals surface area contributed by atoms with E-state index in [4.69, 9.17) is 0 Å². The number of aliphatic imine (C=N–C) groups is 1. The molecule has 7 heteroatoms. The van der Waals surface area contributed by atoms with Gasteiger partial charge in [-0.3, -0.25) is 19.9 Å². The molecule has 2 aromatic carbocycles. The Hall–Kier alpha value is -3.35. The van der Waals surface area contributed by atoms with Crippen LogP contribution in [-0.4, -0.2) is 30.9 Å². The molecule has 7 nitrogen and oxygen atoms in total. The summed E-state index contributed by atoms with van der Waals surface area (Å²) in [5.74, 6) is 0.862. The van der Waals surface area contributed by atoms with Gasteiger partial charge in [-0.05, 0) is 67.6 Å². The van der Waals surface area contributed by atoms with Crippen LogP contribution in [0.15, 0.2) is 47.5 Å². The molecule has 0 saturated carbocycles. The van der Waals surface area contributed by atoms with Gasteiger partial charge in [0.05, 0.1) is 0 Å². The molecule has 1 aliphatic rings. The van der Waals surface area contributed by atoms with E-state index in [1.165, 1.54) is 0 Å². The van der Waals surface area contributed by atoms with Gasteiger partial charge in [0.2, 0.25) is 5.91 Å². The van der Waals surface area contributed by atoms with Gasteiger partial charge >= 0.3 is 0 Å². The number of hydrogen-bond acceptors (Lipinski definition) is 5. The standard InChI is InChI=1S/C24H31N5O2/c1-16(2)5-12-22(30)28-21-15-20(9-6-17(21)3)27-19-10-7-18(8-11-19)23(31)29-24-25-13-4-14-26-24/h6-11,15-16,27H,4-5,12-14H2,1-3H3,(H,28,30)(H2,25,26,29,31). The molecule has 164 valence electrons. The van der Waals surface area contributed by atoms with Crippen molar-refractivity contribution in [3.05, 3.63) is 53.6 Å². The smallest absolute Gasteiger partial charge is 0.257 e. The predicted molar refractivity (Wildman–Crippen MR) is 126 cm³/mol. The van der Waals surface area contributed by atoms with Crippen LogP contribution in [0.4, 0.5) is 17.1 Å². The van der Waals surface area contributed by atoms with Crippen molar-refractivity contribution in [2.45, 2.75) is 40.0 Å². The summed E-state index contributed by atoms with van der Waals surface area (Å²) in [6.45, 7) is 7.74. The van der Waals surface area contributed by atoms with E-state index in [2.05, 4.69) is 40.1 Å². The SMILES string of the molecule is Cc1ccc(Nc2ccc(C(=O)NC3=NCCCN3)cc2)cc1NC(=O)CCC(C)C. The van der Waals surface area contributed by atoms with Crippen molar-refractivity contribution in [1.82, 2.24) is 10.6 Å². The van der Waals surface area contributed by atoms with Gasteiger partial charge in [-0.2, -0.15) is 0 Å². The molecule has 4 N–H and O–H groups in total. The van der Waals surface area contributed by atoms with Crippen LogP contribution in [-0.2, 0) is 4.79 Å². The third kappa shape index (κ3) is 6.84. The number of guanidine groups is 1. The number of carbonyl (C=O) groups is 2. The molecule has 0 fully saturated rings. The Balaban J connectivity index is 1.61. The van der Waals surface area contributed by atoms with Gasteiger partial charge < -0.3 is 16.0 Å². The van der Waals surface area contributed by atoms with E-state index >= 15 is 0 Å². The monoisotopic (exact) mass is 421 g/mol. The lowest BCUT2D eigenvalue weighted by Gasteiger charge is -2.15. The summed E-state index contributed by atoms with van der Waals surface area (Å²) in [5, 5.41) is 12.2. The van der Waals surface area contributed by atoms with Crippen LogP contribution in [0.1, 0.15) is 49.0 Å². The molecule has 2 aromatic rings. The Kier molecular flexibility index (Phi) is 7.65. The van der Waals surface area contributed by atoms with E-state index in [0.717, 1.165) is 48.6 Å². The molecule has 1 heterocycles. The van der Waals surface area contributed by atoms with E-state index in [1.807, 2.05) is 37.3 Å². The molecule has 0 bridgehead atoms. The maximum atomic E-state index is 12.4. The van der Waals surface area contributed by atoms with Crippen molar-refractivity contribution >= 4 is 34.8 Å². The predicted octanol–water partition coefficient (Wildman–Crippen LogP) is 4.19. The highest BCUT2D eigenvalue weighted by molar-refractivity contribution is 6.06. The summed E-state index contributed by atoms with van der Waals surface area (Å²) in [6.07, 6.45) is 2.36. The van der Waals surface area contributed by atoms with Crippen molar-refractivity contribution in [2.24, 2.45) is 10.9 Å². The van der Waals surface area contributed by atoms with E-state index in [9.17, 15) is 9.59 Å². The normalized spacial score (nSPS) is 13.2. The van der Waals surface area contributed by atoms with Crippen LogP contribution in [0.3, 0.4) is 0 Å². The Bertz CT molecular complexity index is 951. The van der Waals surface area contributed by atoms with Gasteiger partial charge in [-0.15, -0.1) is 0 Å². The first kappa shape index (κ1) is 22.3. The summed E-state index contributed by atoms with van der Waals surface area (Å²) in [4.78, 5) is 28.8. The third-order valence-electron chi connectivity index (χ3n) is 5.03. The average Bonchev–Trinajstić information content (AvgIpc) is 2.76.